The van der Waals surface area contributed by atoms with Gasteiger partial charge in [-0.05, 0) is 32.0 Å². The lowest BCUT2D eigenvalue weighted by Gasteiger charge is -2.25. The molecule has 0 fully saturated rings. The minimum absolute atomic E-state index is 0.112. The van der Waals surface area contributed by atoms with E-state index in [2.05, 4.69) is 10.4 Å². The van der Waals surface area contributed by atoms with Gasteiger partial charge in [-0.1, -0.05) is 12.1 Å². The van der Waals surface area contributed by atoms with Gasteiger partial charge in [0.05, 0.1) is 11.4 Å². The monoisotopic (exact) mass is 334 g/mol. The topological polar surface area (TPSA) is 67.2 Å². The summed E-state index contributed by atoms with van der Waals surface area (Å²) in [5.41, 5.74) is 2.47. The molecule has 0 unspecified atom stereocenters. The third kappa shape index (κ3) is 4.19. The average molecular weight is 334 g/mol. The fourth-order valence-electron chi connectivity index (χ4n) is 2.24. The van der Waals surface area contributed by atoms with Gasteiger partial charge in [-0.3, -0.25) is 4.21 Å². The third-order valence-corrected chi connectivity index (χ3v) is 4.62. The fraction of sp³-hybridized carbons (Fsp3) is 0.375. The smallest absolute Gasteiger partial charge is 0.321 e. The maximum absolute atomic E-state index is 12.4. The number of anilines is 1. The molecule has 2 amide bonds. The molecule has 0 aliphatic rings. The zero-order chi connectivity index (χ0) is 17.0. The Morgan fingerprint density at radius 2 is 2.09 bits per heavy atom. The quantitative estimate of drug-likeness (QED) is 0.913. The van der Waals surface area contributed by atoms with E-state index in [1.807, 2.05) is 44.2 Å². The first-order chi connectivity index (χ1) is 10.9. The zero-order valence-electron chi connectivity index (χ0n) is 13.8. The molecule has 0 saturated carbocycles. The van der Waals surface area contributed by atoms with Crippen LogP contribution >= 0.6 is 0 Å². The molecule has 7 heteroatoms. The lowest BCUT2D eigenvalue weighted by Crippen LogP contribution is -2.41. The van der Waals surface area contributed by atoms with Crippen LogP contribution in [0.2, 0.25) is 0 Å². The van der Waals surface area contributed by atoms with Gasteiger partial charge in [-0.15, -0.1) is 0 Å². The highest BCUT2D eigenvalue weighted by atomic mass is 32.2. The predicted molar refractivity (Wildman–Crippen MR) is 93.5 cm³/mol. The molecule has 2 atom stereocenters. The third-order valence-electron chi connectivity index (χ3n) is 3.66. The number of hydrogen-bond donors (Lipinski definition) is 1. The van der Waals surface area contributed by atoms with Crippen LogP contribution in [-0.2, 0) is 10.8 Å². The van der Waals surface area contributed by atoms with Crippen molar-refractivity contribution in [2.24, 2.45) is 0 Å². The molecule has 0 spiro atoms. The fourth-order valence-corrected chi connectivity index (χ4v) is 3.14. The Kier molecular flexibility index (Phi) is 5.54. The van der Waals surface area contributed by atoms with Crippen LogP contribution in [-0.4, -0.2) is 50.0 Å². The number of aromatic nitrogens is 2. The number of aryl methyl sites for hydroxylation is 1. The van der Waals surface area contributed by atoms with Crippen LogP contribution in [0, 0.1) is 6.92 Å². The Hall–Kier alpha value is -2.15. The van der Waals surface area contributed by atoms with Crippen molar-refractivity contribution in [1.29, 1.82) is 0 Å². The first-order valence-electron chi connectivity index (χ1n) is 7.34. The van der Waals surface area contributed by atoms with Crippen LogP contribution in [0.25, 0.3) is 5.69 Å². The van der Waals surface area contributed by atoms with E-state index in [1.54, 1.807) is 29.1 Å². The van der Waals surface area contributed by atoms with Crippen molar-refractivity contribution in [3.05, 3.63) is 42.2 Å². The van der Waals surface area contributed by atoms with Gasteiger partial charge in [0, 0.05) is 47.8 Å². The van der Waals surface area contributed by atoms with E-state index in [0.717, 1.165) is 11.4 Å². The molecular formula is C16H22N4O2S. The standard InChI is InChI=1S/C16H22N4O2S/c1-12-9-10-17-20(12)15-8-6-5-7-14(15)18-16(21)19(3)13(2)11-23(4)22/h5-10,13H,11H2,1-4H3,(H,18,21)/t13-,23+/m1/s1. The number of nitrogens with one attached hydrogen (secondary N) is 1. The van der Waals surface area contributed by atoms with Crippen LogP contribution in [0.5, 0.6) is 0 Å². The first-order valence-corrected chi connectivity index (χ1v) is 9.06. The summed E-state index contributed by atoms with van der Waals surface area (Å²) < 4.78 is 13.1. The van der Waals surface area contributed by atoms with E-state index in [1.165, 1.54) is 0 Å². The summed E-state index contributed by atoms with van der Waals surface area (Å²) in [4.78, 5) is 14.0. The van der Waals surface area contributed by atoms with Gasteiger partial charge in [0.1, 0.15) is 0 Å². The Balaban J connectivity index is 2.19. The minimum atomic E-state index is -0.947. The highest BCUT2D eigenvalue weighted by Crippen LogP contribution is 2.21. The average Bonchev–Trinajstić information content (AvgIpc) is 2.92. The van der Waals surface area contributed by atoms with Crippen LogP contribution in [0.1, 0.15) is 12.6 Å². The van der Waals surface area contributed by atoms with Gasteiger partial charge in [0.15, 0.2) is 0 Å². The molecule has 0 saturated heterocycles. The van der Waals surface area contributed by atoms with Gasteiger partial charge in [-0.25, -0.2) is 9.48 Å². The Bertz CT molecular complexity index is 714. The summed E-state index contributed by atoms with van der Waals surface area (Å²) in [6.45, 7) is 3.83. The summed E-state index contributed by atoms with van der Waals surface area (Å²) in [5.74, 6) is 0.448. The second kappa shape index (κ2) is 7.41. The molecule has 1 aromatic heterocycles. The molecule has 0 radical (unpaired) electrons. The van der Waals surface area contributed by atoms with Gasteiger partial charge in [0.25, 0.3) is 0 Å². The Morgan fingerprint density at radius 1 is 1.39 bits per heavy atom. The van der Waals surface area contributed by atoms with Crippen LogP contribution in [0.3, 0.4) is 0 Å². The lowest BCUT2D eigenvalue weighted by molar-refractivity contribution is 0.212. The predicted octanol–water partition coefficient (Wildman–Crippen LogP) is 2.41. The second-order valence-corrected chi connectivity index (χ2v) is 7.01. The number of rotatable bonds is 5. The SMILES string of the molecule is Cc1ccnn1-c1ccccc1NC(=O)N(C)[C@H](C)C[S@](C)=O. The molecular weight excluding hydrogens is 312 g/mol. The van der Waals surface area contributed by atoms with Gasteiger partial charge < -0.3 is 10.2 Å². The van der Waals surface area contributed by atoms with E-state index < -0.39 is 10.8 Å². The molecule has 2 rings (SSSR count). The molecule has 2 aromatic rings. The van der Waals surface area contributed by atoms with E-state index >= 15 is 0 Å². The van der Waals surface area contributed by atoms with Crippen molar-refractivity contribution in [3.63, 3.8) is 0 Å². The summed E-state index contributed by atoms with van der Waals surface area (Å²) in [7, 11) is 0.756. The van der Waals surface area contributed by atoms with Crippen LogP contribution in [0.4, 0.5) is 10.5 Å². The lowest BCUT2D eigenvalue weighted by atomic mass is 10.2. The molecule has 6 nitrogen and oxygen atoms in total. The van der Waals surface area contributed by atoms with Gasteiger partial charge in [-0.2, -0.15) is 5.10 Å². The van der Waals surface area contributed by atoms with E-state index in [4.69, 9.17) is 0 Å². The summed E-state index contributed by atoms with van der Waals surface area (Å²) in [6, 6.07) is 9.06. The van der Waals surface area contributed by atoms with Crippen molar-refractivity contribution in [2.75, 3.05) is 24.4 Å². The number of hydrogen-bond acceptors (Lipinski definition) is 3. The van der Waals surface area contributed by atoms with E-state index in [0.29, 0.717) is 11.4 Å². The molecule has 124 valence electrons. The Labute approximate surface area is 138 Å². The van der Waals surface area contributed by atoms with Gasteiger partial charge >= 0.3 is 6.03 Å². The minimum Gasteiger partial charge on any atom is -0.324 e. The highest BCUT2D eigenvalue weighted by molar-refractivity contribution is 7.84. The van der Waals surface area contributed by atoms with Crippen molar-refractivity contribution in [1.82, 2.24) is 14.7 Å². The van der Waals surface area contributed by atoms with Crippen LogP contribution in [0.15, 0.2) is 36.5 Å². The van der Waals surface area contributed by atoms with Gasteiger partial charge in [0.2, 0.25) is 0 Å². The molecule has 23 heavy (non-hydrogen) atoms. The Morgan fingerprint density at radius 3 is 2.70 bits per heavy atom. The van der Waals surface area contributed by atoms with Crippen molar-refractivity contribution >= 4 is 22.5 Å². The largest absolute Gasteiger partial charge is 0.324 e. The number of benzene rings is 1. The molecule has 1 aromatic carbocycles. The van der Waals surface area contributed by atoms with Crippen molar-refractivity contribution in [2.45, 2.75) is 19.9 Å². The maximum atomic E-state index is 12.4. The highest BCUT2D eigenvalue weighted by Gasteiger charge is 2.18. The number of amides is 2. The molecule has 1 N–H and O–H groups in total. The first kappa shape index (κ1) is 17.2. The zero-order valence-corrected chi connectivity index (χ0v) is 14.6. The van der Waals surface area contributed by atoms with Crippen molar-refractivity contribution in [3.8, 4) is 5.69 Å². The maximum Gasteiger partial charge on any atom is 0.321 e. The number of carbonyl (C=O) groups is 1. The number of nitrogens with zero attached hydrogens (tertiary/aromatic N) is 3. The summed E-state index contributed by atoms with van der Waals surface area (Å²) in [5, 5.41) is 7.19. The number of urea groups is 1. The number of para-hydroxylation sites is 2. The molecule has 0 bridgehead atoms. The number of carbonyl (C=O) groups excluding carboxylic acids is 1. The van der Waals surface area contributed by atoms with Crippen molar-refractivity contribution < 1.29 is 9.00 Å². The summed E-state index contributed by atoms with van der Waals surface area (Å²) >= 11 is 0. The van der Waals surface area contributed by atoms with E-state index in [9.17, 15) is 9.00 Å². The van der Waals surface area contributed by atoms with Crippen LogP contribution < -0.4 is 5.32 Å². The molecule has 1 heterocycles. The van der Waals surface area contributed by atoms with E-state index in [-0.39, 0.29) is 12.1 Å². The molecule has 0 aliphatic carbocycles. The molecule has 0 aliphatic heterocycles. The second-order valence-electron chi connectivity index (χ2n) is 5.53. The normalized spacial score (nSPS) is 13.4. The summed E-state index contributed by atoms with van der Waals surface area (Å²) in [6.07, 6.45) is 3.36.